The summed E-state index contributed by atoms with van der Waals surface area (Å²) in [5.74, 6) is 0.383. The monoisotopic (exact) mass is 530 g/mol. The number of pyridine rings is 1. The van der Waals surface area contributed by atoms with Crippen LogP contribution in [0.25, 0.3) is 0 Å². The van der Waals surface area contributed by atoms with E-state index >= 15 is 0 Å². The lowest BCUT2D eigenvalue weighted by atomic mass is 10.1. The van der Waals surface area contributed by atoms with Crippen molar-refractivity contribution < 1.29 is 22.7 Å². The van der Waals surface area contributed by atoms with E-state index in [1.807, 2.05) is 6.07 Å². The van der Waals surface area contributed by atoms with Crippen LogP contribution in [0.15, 0.2) is 36.5 Å². The molecule has 0 aliphatic carbocycles. The molecule has 0 amide bonds. The molecule has 3 aromatic rings. The highest BCUT2D eigenvalue weighted by atomic mass is 19.4. The molecule has 3 heterocycles. The molecule has 0 spiro atoms. The number of likely N-dealkylation sites (N-methyl/N-ethyl adjacent to an activating group) is 1. The molecule has 13 heteroatoms. The zero-order valence-corrected chi connectivity index (χ0v) is 21.3. The lowest BCUT2D eigenvalue weighted by Gasteiger charge is -2.33. The van der Waals surface area contributed by atoms with Crippen molar-refractivity contribution >= 4 is 35.2 Å². The zero-order valence-electron chi connectivity index (χ0n) is 21.3. The van der Waals surface area contributed by atoms with Crippen LogP contribution in [0.4, 0.5) is 42.1 Å². The summed E-state index contributed by atoms with van der Waals surface area (Å²) in [6.07, 6.45) is -3.44. The first kappa shape index (κ1) is 27.1. The lowest BCUT2D eigenvalue weighted by Crippen LogP contribution is -2.44. The van der Waals surface area contributed by atoms with E-state index in [9.17, 15) is 18.0 Å². The summed E-state index contributed by atoms with van der Waals surface area (Å²) >= 11 is 0. The van der Waals surface area contributed by atoms with Gasteiger partial charge in [-0.1, -0.05) is 12.1 Å². The molecule has 0 radical (unpaired) electrons. The van der Waals surface area contributed by atoms with Gasteiger partial charge in [-0.15, -0.1) is 0 Å². The van der Waals surface area contributed by atoms with Gasteiger partial charge in [-0.25, -0.2) is 4.98 Å². The molecule has 1 aromatic carbocycles. The second kappa shape index (κ2) is 11.6. The Balaban J connectivity index is 1.65. The molecule has 3 N–H and O–H groups in total. The van der Waals surface area contributed by atoms with Crippen molar-refractivity contribution in [3.8, 4) is 5.88 Å². The standard InChI is InChI=1S/C25H29F3N8O2/c1-29-13-16-5-4-6-19(17(16)15-37)31-22-18(25(26,27)28)14-30-24(34-22)32-20-7-8-21(33-23(20)38-3)36-11-9-35(2)10-12-36/h4-8,14-15,29H,9-13H2,1-3H3,(H2,30,31,32,34). The molecule has 1 aliphatic heterocycles. The number of nitrogens with zero attached hydrogens (tertiary/aromatic N) is 5. The predicted molar refractivity (Wildman–Crippen MR) is 139 cm³/mol. The number of hydrogen-bond acceptors (Lipinski definition) is 10. The van der Waals surface area contributed by atoms with Gasteiger partial charge in [0.25, 0.3) is 0 Å². The Morgan fingerprint density at radius 3 is 2.47 bits per heavy atom. The van der Waals surface area contributed by atoms with E-state index in [0.717, 1.165) is 32.0 Å². The quantitative estimate of drug-likeness (QED) is 0.355. The molecule has 1 aliphatic rings. The van der Waals surface area contributed by atoms with Gasteiger partial charge in [0.05, 0.1) is 12.8 Å². The number of hydrogen-bond donors (Lipinski definition) is 3. The van der Waals surface area contributed by atoms with Crippen LogP contribution in [0.1, 0.15) is 21.5 Å². The average molecular weight is 531 g/mol. The van der Waals surface area contributed by atoms with Crippen molar-refractivity contribution in [2.24, 2.45) is 0 Å². The van der Waals surface area contributed by atoms with Crippen LogP contribution >= 0.6 is 0 Å². The number of benzene rings is 1. The Hall–Kier alpha value is -3.97. The third-order valence-electron chi connectivity index (χ3n) is 6.14. The fourth-order valence-electron chi connectivity index (χ4n) is 4.09. The maximum Gasteiger partial charge on any atom is 0.421 e. The molecule has 0 unspecified atom stereocenters. The highest BCUT2D eigenvalue weighted by Crippen LogP contribution is 2.36. The van der Waals surface area contributed by atoms with Crippen LogP contribution in [0, 0.1) is 0 Å². The van der Waals surface area contributed by atoms with Gasteiger partial charge >= 0.3 is 6.18 Å². The molecule has 0 bridgehead atoms. The number of rotatable bonds is 9. The number of carbonyl (C=O) groups is 1. The number of aldehydes is 1. The summed E-state index contributed by atoms with van der Waals surface area (Å²) in [7, 11) is 5.23. The summed E-state index contributed by atoms with van der Waals surface area (Å²) < 4.78 is 46.8. The molecule has 202 valence electrons. The first-order valence-corrected chi connectivity index (χ1v) is 11.9. The van der Waals surface area contributed by atoms with E-state index in [1.54, 1.807) is 25.2 Å². The van der Waals surface area contributed by atoms with Crippen molar-refractivity contribution in [2.45, 2.75) is 12.7 Å². The molecule has 38 heavy (non-hydrogen) atoms. The van der Waals surface area contributed by atoms with Crippen LogP contribution in [-0.4, -0.2) is 73.5 Å². The summed E-state index contributed by atoms with van der Waals surface area (Å²) in [5.41, 5.74) is 0.368. The van der Waals surface area contributed by atoms with Crippen LogP contribution < -0.4 is 25.6 Å². The highest BCUT2D eigenvalue weighted by molar-refractivity contribution is 5.88. The Morgan fingerprint density at radius 2 is 1.82 bits per heavy atom. The number of halogens is 3. The summed E-state index contributed by atoms with van der Waals surface area (Å²) in [5, 5.41) is 8.52. The zero-order chi connectivity index (χ0) is 27.3. The SMILES string of the molecule is CNCc1cccc(Nc2nc(Nc3ccc(N4CCN(C)CC4)nc3OC)ncc2C(F)(F)F)c1C=O. The van der Waals surface area contributed by atoms with Gasteiger partial charge in [-0.05, 0) is 37.9 Å². The number of alkyl halides is 3. The topological polar surface area (TPSA) is 108 Å². The molecule has 0 saturated carbocycles. The van der Waals surface area contributed by atoms with E-state index in [1.165, 1.54) is 13.2 Å². The van der Waals surface area contributed by atoms with Crippen molar-refractivity contribution in [2.75, 3.05) is 62.9 Å². The number of anilines is 5. The van der Waals surface area contributed by atoms with Crippen molar-refractivity contribution in [3.05, 3.63) is 53.2 Å². The van der Waals surface area contributed by atoms with Gasteiger partial charge < -0.3 is 30.5 Å². The lowest BCUT2D eigenvalue weighted by molar-refractivity contribution is -0.137. The Morgan fingerprint density at radius 1 is 1.05 bits per heavy atom. The smallest absolute Gasteiger partial charge is 0.421 e. The average Bonchev–Trinajstić information content (AvgIpc) is 2.89. The highest BCUT2D eigenvalue weighted by Gasteiger charge is 2.35. The minimum atomic E-state index is -4.73. The first-order valence-electron chi connectivity index (χ1n) is 11.9. The van der Waals surface area contributed by atoms with Gasteiger partial charge in [-0.2, -0.15) is 23.1 Å². The van der Waals surface area contributed by atoms with Crippen LogP contribution in [0.2, 0.25) is 0 Å². The second-order valence-corrected chi connectivity index (χ2v) is 8.75. The predicted octanol–water partition coefficient (Wildman–Crippen LogP) is 3.67. The van der Waals surface area contributed by atoms with E-state index < -0.39 is 17.6 Å². The molecular weight excluding hydrogens is 501 g/mol. The van der Waals surface area contributed by atoms with Crippen LogP contribution in [0.3, 0.4) is 0 Å². The number of piperazine rings is 1. The number of carbonyl (C=O) groups excluding carboxylic acids is 1. The number of nitrogens with one attached hydrogen (secondary N) is 3. The Bertz CT molecular complexity index is 1280. The minimum Gasteiger partial charge on any atom is -0.479 e. The molecule has 1 saturated heterocycles. The third kappa shape index (κ3) is 6.11. The van der Waals surface area contributed by atoms with E-state index in [-0.39, 0.29) is 23.1 Å². The van der Waals surface area contributed by atoms with E-state index in [4.69, 9.17) is 4.74 Å². The second-order valence-electron chi connectivity index (χ2n) is 8.75. The first-order chi connectivity index (χ1) is 18.2. The van der Waals surface area contributed by atoms with Crippen molar-refractivity contribution in [1.82, 2.24) is 25.2 Å². The fraction of sp³-hybridized carbons (Fsp3) is 0.360. The summed E-state index contributed by atoms with van der Waals surface area (Å²) in [6, 6.07) is 8.41. The molecule has 10 nitrogen and oxygen atoms in total. The van der Waals surface area contributed by atoms with Gasteiger partial charge in [0.2, 0.25) is 11.8 Å². The normalized spacial score (nSPS) is 14.3. The van der Waals surface area contributed by atoms with Gasteiger partial charge in [0, 0.05) is 44.5 Å². The fourth-order valence-corrected chi connectivity index (χ4v) is 4.09. The van der Waals surface area contributed by atoms with Gasteiger partial charge in [0.15, 0.2) is 6.29 Å². The molecule has 4 rings (SSSR count). The van der Waals surface area contributed by atoms with Crippen LogP contribution in [0.5, 0.6) is 5.88 Å². The molecule has 1 fully saturated rings. The molecular formula is C25H29F3N8O2. The van der Waals surface area contributed by atoms with Crippen molar-refractivity contribution in [3.63, 3.8) is 0 Å². The van der Waals surface area contributed by atoms with Gasteiger partial charge in [0.1, 0.15) is 22.9 Å². The Labute approximate surface area is 218 Å². The largest absolute Gasteiger partial charge is 0.479 e. The minimum absolute atomic E-state index is 0.105. The number of methoxy groups -OCH3 is 1. The van der Waals surface area contributed by atoms with Crippen LogP contribution in [-0.2, 0) is 12.7 Å². The molecule has 2 aromatic heterocycles. The maximum atomic E-state index is 13.8. The van der Waals surface area contributed by atoms with E-state index in [2.05, 4.69) is 47.7 Å². The van der Waals surface area contributed by atoms with E-state index in [0.29, 0.717) is 30.3 Å². The summed E-state index contributed by atoms with van der Waals surface area (Å²) in [4.78, 5) is 28.7. The number of aromatic nitrogens is 3. The van der Waals surface area contributed by atoms with Gasteiger partial charge in [-0.3, -0.25) is 4.79 Å². The Kier molecular flexibility index (Phi) is 8.27. The van der Waals surface area contributed by atoms with Crippen molar-refractivity contribution in [1.29, 1.82) is 0 Å². The maximum absolute atomic E-state index is 13.8. The summed E-state index contributed by atoms with van der Waals surface area (Å²) in [6.45, 7) is 3.80. The third-order valence-corrected chi connectivity index (χ3v) is 6.14. The molecule has 0 atom stereocenters. The number of ether oxygens (including phenoxy) is 1.